The van der Waals surface area contributed by atoms with Gasteiger partial charge in [-0.15, -0.1) is 0 Å². The molecule has 260 valence electrons. The van der Waals surface area contributed by atoms with E-state index in [1.54, 1.807) is 27.7 Å². The second-order valence-electron chi connectivity index (χ2n) is 11.3. The van der Waals surface area contributed by atoms with Crippen LogP contribution >= 0.6 is 0 Å². The summed E-state index contributed by atoms with van der Waals surface area (Å²) >= 11 is 0. The van der Waals surface area contributed by atoms with E-state index < -0.39 is 114 Å². The topological polar surface area (TPSA) is 294 Å². The lowest BCUT2D eigenvalue weighted by Gasteiger charge is -2.24. The molecule has 0 fully saturated rings. The fourth-order valence-electron chi connectivity index (χ4n) is 3.51. The van der Waals surface area contributed by atoms with Gasteiger partial charge in [0.05, 0.1) is 24.9 Å². The predicted octanol–water partition coefficient (Wildman–Crippen LogP) is -2.74. The highest BCUT2D eigenvalue weighted by Gasteiger charge is 2.43. The Balaban J connectivity index is 5.80. The highest BCUT2D eigenvalue weighted by Crippen LogP contribution is 2.13. The Labute approximate surface area is 262 Å². The minimum atomic E-state index is -3.53. The number of nitrogens with one attached hydrogen (secondary N) is 4. The number of amides is 4. The zero-order valence-corrected chi connectivity index (χ0v) is 26.2. The van der Waals surface area contributed by atoms with Crippen molar-refractivity contribution in [3.05, 3.63) is 0 Å². The second-order valence-corrected chi connectivity index (χ2v) is 11.3. The number of carboxylic acids is 2. The zero-order chi connectivity index (χ0) is 36.2. The fraction of sp³-hybridized carbons (Fsp3) is 0.667. The molecule has 0 aliphatic rings. The first kappa shape index (κ1) is 41.6. The Hall–Kier alpha value is -4.39. The van der Waals surface area contributed by atoms with Gasteiger partial charge in [0.2, 0.25) is 41.8 Å². The maximum atomic E-state index is 15.0. The van der Waals surface area contributed by atoms with Crippen molar-refractivity contribution in [2.24, 2.45) is 23.3 Å². The van der Waals surface area contributed by atoms with Crippen LogP contribution in [0.2, 0.25) is 0 Å². The lowest BCUT2D eigenvalue weighted by Crippen LogP contribution is -2.57. The molecule has 10 N–H and O–H groups in total. The van der Waals surface area contributed by atoms with Gasteiger partial charge in [-0.25, -0.2) is 8.78 Å². The van der Waals surface area contributed by atoms with Gasteiger partial charge in [0, 0.05) is 0 Å². The SMILES string of the molecule is CC(C)[C@H](N)C(=O)N[C@@H](C)C(=O)N[C@@H](CC(=O)O)C(=O)C(F)C(=O)C(F)C(=O)[C@H](CC(=O)O)NC(=O)[C@H](C)NC(=O)[C@@H](N)C(C)C. The van der Waals surface area contributed by atoms with Crippen molar-refractivity contribution in [1.29, 1.82) is 0 Å². The van der Waals surface area contributed by atoms with Crippen LogP contribution in [-0.2, 0) is 43.2 Å². The number of carboxylic acid groups (broad SMARTS) is 2. The number of halogens is 2. The van der Waals surface area contributed by atoms with E-state index in [0.29, 0.717) is 0 Å². The van der Waals surface area contributed by atoms with Crippen LogP contribution in [-0.4, -0.2) is 112 Å². The lowest BCUT2D eigenvalue weighted by molar-refractivity contribution is -0.148. The maximum Gasteiger partial charge on any atom is 0.305 e. The monoisotopic (exact) mass is 664 g/mol. The smallest absolute Gasteiger partial charge is 0.305 e. The van der Waals surface area contributed by atoms with E-state index in [1.165, 1.54) is 0 Å². The molecule has 0 aromatic rings. The number of carbonyl (C=O) groups excluding carboxylic acids is 7. The number of hydrogen-bond acceptors (Lipinski definition) is 11. The number of rotatable bonds is 20. The molecule has 0 saturated heterocycles. The van der Waals surface area contributed by atoms with Crippen molar-refractivity contribution in [2.45, 2.75) is 103 Å². The largest absolute Gasteiger partial charge is 0.481 e. The Morgan fingerprint density at radius 3 is 1.04 bits per heavy atom. The summed E-state index contributed by atoms with van der Waals surface area (Å²) in [6, 6.07) is -9.50. The van der Waals surface area contributed by atoms with Crippen LogP contribution in [0.15, 0.2) is 0 Å². The van der Waals surface area contributed by atoms with Gasteiger partial charge in [-0.1, -0.05) is 27.7 Å². The molecule has 0 spiro atoms. The third-order valence-electron chi connectivity index (χ3n) is 6.62. The maximum absolute atomic E-state index is 15.0. The highest BCUT2D eigenvalue weighted by atomic mass is 19.1. The summed E-state index contributed by atoms with van der Waals surface area (Å²) in [5.41, 5.74) is 11.4. The van der Waals surface area contributed by atoms with Crippen LogP contribution in [0.1, 0.15) is 54.4 Å². The summed E-state index contributed by atoms with van der Waals surface area (Å²) in [7, 11) is 0. The fourth-order valence-corrected chi connectivity index (χ4v) is 3.51. The third-order valence-corrected chi connectivity index (χ3v) is 6.62. The second kappa shape index (κ2) is 18.5. The summed E-state index contributed by atoms with van der Waals surface area (Å²) in [5, 5.41) is 26.3. The van der Waals surface area contributed by atoms with Crippen molar-refractivity contribution in [2.75, 3.05) is 0 Å². The average molecular weight is 665 g/mol. The minimum absolute atomic E-state index is 0.340. The number of hydrogen-bond donors (Lipinski definition) is 8. The molecule has 2 unspecified atom stereocenters. The normalized spacial score (nSPS) is 16.4. The van der Waals surface area contributed by atoms with Crippen molar-refractivity contribution < 1.29 is 62.1 Å². The summed E-state index contributed by atoms with van der Waals surface area (Å²) in [6.07, 6.45) is -9.65. The Morgan fingerprint density at radius 2 is 0.804 bits per heavy atom. The van der Waals surface area contributed by atoms with E-state index >= 15 is 0 Å². The molecule has 4 amide bonds. The summed E-state index contributed by atoms with van der Waals surface area (Å²) in [6.45, 7) is 8.69. The number of carbonyl (C=O) groups is 9. The number of ketones is 3. The molecule has 0 rings (SSSR count). The Morgan fingerprint density at radius 1 is 0.522 bits per heavy atom. The molecule has 8 atom stereocenters. The quantitative estimate of drug-likeness (QED) is 0.0614. The average Bonchev–Trinajstić information content (AvgIpc) is 2.96. The zero-order valence-electron chi connectivity index (χ0n) is 26.2. The van der Waals surface area contributed by atoms with E-state index in [2.05, 4.69) is 10.6 Å². The number of Topliss-reactive ketones (excluding diaryl/α,β-unsaturated/α-hetero) is 3. The molecule has 17 nitrogen and oxygen atoms in total. The first-order valence-corrected chi connectivity index (χ1v) is 14.1. The summed E-state index contributed by atoms with van der Waals surface area (Å²) < 4.78 is 29.9. The van der Waals surface area contributed by atoms with Crippen molar-refractivity contribution in [3.8, 4) is 0 Å². The molecule has 0 aromatic carbocycles. The Kier molecular flexibility index (Phi) is 16.8. The van der Waals surface area contributed by atoms with E-state index in [4.69, 9.17) is 21.7 Å². The van der Waals surface area contributed by atoms with Gasteiger partial charge >= 0.3 is 11.9 Å². The van der Waals surface area contributed by atoms with Crippen LogP contribution in [0.4, 0.5) is 8.78 Å². The molecular formula is C27H42F2N6O11. The molecule has 19 heteroatoms. The first-order chi connectivity index (χ1) is 21.0. The molecule has 0 heterocycles. The van der Waals surface area contributed by atoms with Crippen LogP contribution in [0.25, 0.3) is 0 Å². The lowest BCUT2D eigenvalue weighted by atomic mass is 9.95. The first-order valence-electron chi connectivity index (χ1n) is 14.1. The molecule has 46 heavy (non-hydrogen) atoms. The summed E-state index contributed by atoms with van der Waals surface area (Å²) in [4.78, 5) is 110. The van der Waals surface area contributed by atoms with Crippen LogP contribution in [0.5, 0.6) is 0 Å². The van der Waals surface area contributed by atoms with Crippen molar-refractivity contribution in [1.82, 2.24) is 21.3 Å². The van der Waals surface area contributed by atoms with Crippen LogP contribution in [0.3, 0.4) is 0 Å². The molecule has 0 saturated carbocycles. The molecule has 0 aliphatic carbocycles. The van der Waals surface area contributed by atoms with E-state index in [9.17, 15) is 51.9 Å². The van der Waals surface area contributed by atoms with Gasteiger partial charge in [0.1, 0.15) is 24.2 Å². The number of aliphatic carboxylic acids is 2. The van der Waals surface area contributed by atoms with Gasteiger partial charge in [-0.05, 0) is 25.7 Å². The van der Waals surface area contributed by atoms with Gasteiger partial charge in [-0.2, -0.15) is 0 Å². The molecule has 0 aromatic heterocycles. The molecule has 0 bridgehead atoms. The van der Waals surface area contributed by atoms with Gasteiger partial charge in [-0.3, -0.25) is 43.2 Å². The number of alkyl halides is 2. The van der Waals surface area contributed by atoms with E-state index in [-0.39, 0.29) is 11.8 Å². The van der Waals surface area contributed by atoms with Gasteiger partial charge in [0.15, 0.2) is 11.6 Å². The van der Waals surface area contributed by atoms with Crippen molar-refractivity contribution in [3.63, 3.8) is 0 Å². The van der Waals surface area contributed by atoms with Gasteiger partial charge < -0.3 is 42.9 Å². The van der Waals surface area contributed by atoms with Crippen molar-refractivity contribution >= 4 is 52.9 Å². The standard InChI is InChI=1S/C27H42F2N6O11/c1-9(2)19(30)26(45)32-11(5)24(43)34-13(7-15(36)37)21(40)17(28)23(42)18(29)22(41)14(8-16(38)39)35-25(44)12(6)33-27(46)20(31)10(3)4/h9-14,17-20H,7-8,30-31H2,1-6H3,(H,32,45)(H,33,46)(H,34,43)(H,35,44)(H,36,37)(H,38,39)/t11-,12-,13-,14-,17?,18?,19-,20-/m0/s1. The van der Waals surface area contributed by atoms with Crippen LogP contribution < -0.4 is 32.7 Å². The number of nitrogens with two attached hydrogens (primary N) is 2. The molecule has 0 aliphatic heterocycles. The predicted molar refractivity (Wildman–Crippen MR) is 154 cm³/mol. The van der Waals surface area contributed by atoms with E-state index in [1.807, 2.05) is 10.6 Å². The van der Waals surface area contributed by atoms with Crippen LogP contribution in [0, 0.1) is 11.8 Å². The Bertz CT molecular complexity index is 1110. The summed E-state index contributed by atoms with van der Waals surface area (Å²) in [5.74, 6) is -14.5. The highest BCUT2D eigenvalue weighted by molar-refractivity contribution is 6.18. The third kappa shape index (κ3) is 12.9. The molecule has 0 radical (unpaired) electrons. The minimum Gasteiger partial charge on any atom is -0.481 e. The van der Waals surface area contributed by atoms with Gasteiger partial charge in [0.25, 0.3) is 0 Å². The van der Waals surface area contributed by atoms with E-state index in [0.717, 1.165) is 13.8 Å². The molecular weight excluding hydrogens is 622 g/mol.